The average molecular weight is 485 g/mol. The molecule has 9 nitrogen and oxygen atoms in total. The molecule has 0 fully saturated rings. The van der Waals surface area contributed by atoms with Crippen LogP contribution in [0.4, 0.5) is 5.69 Å². The third-order valence-corrected chi connectivity index (χ3v) is 5.82. The third kappa shape index (κ3) is 7.20. The van der Waals surface area contributed by atoms with Crippen molar-refractivity contribution in [3.63, 3.8) is 0 Å². The molecule has 0 aliphatic carbocycles. The highest BCUT2D eigenvalue weighted by Gasteiger charge is 2.18. The lowest BCUT2D eigenvalue weighted by Gasteiger charge is -2.10. The van der Waals surface area contributed by atoms with Crippen molar-refractivity contribution in [1.29, 1.82) is 0 Å². The number of nitrogens with one attached hydrogen (secondary N) is 3. The van der Waals surface area contributed by atoms with E-state index in [9.17, 15) is 18.0 Å². The van der Waals surface area contributed by atoms with Crippen molar-refractivity contribution in [1.82, 2.24) is 15.0 Å². The maximum Gasteiger partial charge on any atom is 0.252 e. The second-order valence-corrected chi connectivity index (χ2v) is 8.45. The summed E-state index contributed by atoms with van der Waals surface area (Å²) < 4.78 is 32.2. The highest BCUT2D eigenvalue weighted by molar-refractivity contribution is 9.10. The van der Waals surface area contributed by atoms with Crippen molar-refractivity contribution in [2.75, 3.05) is 32.1 Å². The molecule has 1 aromatic heterocycles. The Balaban J connectivity index is 1.95. The van der Waals surface area contributed by atoms with Gasteiger partial charge in [-0.05, 0) is 46.3 Å². The number of hydrogen-bond acceptors (Lipinski definition) is 6. The van der Waals surface area contributed by atoms with Gasteiger partial charge in [-0.3, -0.25) is 14.6 Å². The first-order valence-electron chi connectivity index (χ1n) is 8.59. The summed E-state index contributed by atoms with van der Waals surface area (Å²) in [5.41, 5.74) is 0.706. The summed E-state index contributed by atoms with van der Waals surface area (Å²) in [6.07, 6.45) is 3.16. The molecule has 0 spiro atoms. The Hall–Kier alpha value is -2.34. The molecule has 1 heterocycles. The number of amides is 2. The van der Waals surface area contributed by atoms with Crippen molar-refractivity contribution in [2.45, 2.75) is 11.3 Å². The van der Waals surface area contributed by atoms with E-state index in [0.717, 1.165) is 0 Å². The van der Waals surface area contributed by atoms with Crippen LogP contribution < -0.4 is 15.4 Å². The number of carbonyl (C=O) groups excluding carboxylic acids is 2. The summed E-state index contributed by atoms with van der Waals surface area (Å²) in [6.45, 7) is 0.424. The Morgan fingerprint density at radius 3 is 2.69 bits per heavy atom. The third-order valence-electron chi connectivity index (χ3n) is 3.67. The van der Waals surface area contributed by atoms with Crippen LogP contribution in [0.1, 0.15) is 16.8 Å². The van der Waals surface area contributed by atoms with E-state index < -0.39 is 15.9 Å². The first kappa shape index (κ1) is 22.9. The van der Waals surface area contributed by atoms with Crippen LogP contribution in [0.15, 0.2) is 52.1 Å². The molecule has 1 aromatic carbocycles. The maximum atomic E-state index is 12.4. The molecule has 11 heteroatoms. The second-order valence-electron chi connectivity index (χ2n) is 5.83. The zero-order chi connectivity index (χ0) is 21.3. The largest absolute Gasteiger partial charge is 0.383 e. The Morgan fingerprint density at radius 1 is 1.21 bits per heavy atom. The molecule has 0 saturated heterocycles. The van der Waals surface area contributed by atoms with Gasteiger partial charge in [-0.25, -0.2) is 13.1 Å². The van der Waals surface area contributed by atoms with Crippen LogP contribution in [-0.2, 0) is 19.6 Å². The van der Waals surface area contributed by atoms with E-state index >= 15 is 0 Å². The standard InChI is InChI=1S/C18H21BrN4O5S/c1-28-10-9-22-29(26,27)14-4-5-16(19)15(11-14)18(25)21-8-6-17(24)23-13-3-2-7-20-12-13/h2-5,7,11-12,22H,6,8-10H2,1H3,(H,21,25)(H,23,24). The van der Waals surface area contributed by atoms with Crippen LogP contribution in [-0.4, -0.2) is 52.0 Å². The number of pyridine rings is 1. The molecular weight excluding hydrogens is 464 g/mol. The minimum absolute atomic E-state index is 0.0451. The number of nitrogens with zero attached hydrogens (tertiary/aromatic N) is 1. The lowest BCUT2D eigenvalue weighted by Crippen LogP contribution is -2.29. The lowest BCUT2D eigenvalue weighted by molar-refractivity contribution is -0.116. The highest BCUT2D eigenvalue weighted by atomic mass is 79.9. The van der Waals surface area contributed by atoms with Crippen molar-refractivity contribution in [2.24, 2.45) is 0 Å². The molecule has 0 radical (unpaired) electrons. The fourth-order valence-corrected chi connectivity index (χ4v) is 3.72. The van der Waals surface area contributed by atoms with Gasteiger partial charge >= 0.3 is 0 Å². The average Bonchev–Trinajstić information content (AvgIpc) is 2.69. The molecule has 0 saturated carbocycles. The SMILES string of the molecule is COCCNS(=O)(=O)c1ccc(Br)c(C(=O)NCCC(=O)Nc2cccnc2)c1. The van der Waals surface area contributed by atoms with Crippen LogP contribution in [0.2, 0.25) is 0 Å². The minimum atomic E-state index is -3.77. The van der Waals surface area contributed by atoms with Gasteiger partial charge in [0.1, 0.15) is 0 Å². The molecule has 0 unspecified atom stereocenters. The van der Waals surface area contributed by atoms with Gasteiger partial charge in [0.15, 0.2) is 0 Å². The Kier molecular flexibility index (Phi) is 8.70. The number of halogens is 1. The monoisotopic (exact) mass is 484 g/mol. The number of ether oxygens (including phenoxy) is 1. The van der Waals surface area contributed by atoms with Crippen LogP contribution in [0.3, 0.4) is 0 Å². The first-order valence-corrected chi connectivity index (χ1v) is 10.9. The normalized spacial score (nSPS) is 11.1. The Morgan fingerprint density at radius 2 is 2.00 bits per heavy atom. The highest BCUT2D eigenvalue weighted by Crippen LogP contribution is 2.21. The lowest BCUT2D eigenvalue weighted by atomic mass is 10.2. The van der Waals surface area contributed by atoms with Crippen LogP contribution >= 0.6 is 15.9 Å². The maximum absolute atomic E-state index is 12.4. The van der Waals surface area contributed by atoms with Gasteiger partial charge < -0.3 is 15.4 Å². The molecule has 3 N–H and O–H groups in total. The van der Waals surface area contributed by atoms with Crippen molar-refractivity contribution < 1.29 is 22.7 Å². The summed E-state index contributed by atoms with van der Waals surface area (Å²) in [5, 5.41) is 5.27. The second kappa shape index (κ2) is 11.0. The molecular formula is C18H21BrN4O5S. The summed E-state index contributed by atoms with van der Waals surface area (Å²) in [6, 6.07) is 7.53. The fourth-order valence-electron chi connectivity index (χ4n) is 2.25. The number of benzene rings is 1. The predicted octanol–water partition coefficient (Wildman–Crippen LogP) is 1.53. The van der Waals surface area contributed by atoms with Gasteiger partial charge in [0, 0.05) is 37.3 Å². The number of anilines is 1. The van der Waals surface area contributed by atoms with E-state index in [4.69, 9.17) is 4.74 Å². The van der Waals surface area contributed by atoms with Crippen LogP contribution in [0.5, 0.6) is 0 Å². The summed E-state index contributed by atoms with van der Waals surface area (Å²) in [7, 11) is -2.31. The van der Waals surface area contributed by atoms with Gasteiger partial charge in [0.25, 0.3) is 5.91 Å². The van der Waals surface area contributed by atoms with Crippen LogP contribution in [0.25, 0.3) is 0 Å². The molecule has 29 heavy (non-hydrogen) atoms. The Bertz CT molecular complexity index is 954. The molecule has 0 atom stereocenters. The summed E-state index contributed by atoms with van der Waals surface area (Å²) in [5.74, 6) is -0.781. The first-order chi connectivity index (χ1) is 13.8. The molecule has 2 aromatic rings. The number of hydrogen-bond donors (Lipinski definition) is 3. The number of rotatable bonds is 10. The fraction of sp³-hybridized carbons (Fsp3) is 0.278. The van der Waals surface area contributed by atoms with E-state index in [-0.39, 0.29) is 42.5 Å². The summed E-state index contributed by atoms with van der Waals surface area (Å²) in [4.78, 5) is 28.2. The van der Waals surface area contributed by atoms with Crippen LogP contribution in [0, 0.1) is 0 Å². The molecule has 156 valence electrons. The quantitative estimate of drug-likeness (QED) is 0.438. The smallest absolute Gasteiger partial charge is 0.252 e. The van der Waals surface area contributed by atoms with Crippen molar-refractivity contribution in [3.8, 4) is 0 Å². The van der Waals surface area contributed by atoms with E-state index in [0.29, 0.717) is 10.2 Å². The summed E-state index contributed by atoms with van der Waals surface area (Å²) >= 11 is 3.24. The number of aromatic nitrogens is 1. The van der Waals surface area contributed by atoms with E-state index in [1.54, 1.807) is 18.3 Å². The molecule has 0 aliphatic rings. The number of sulfonamides is 1. The van der Waals surface area contributed by atoms with Crippen molar-refractivity contribution in [3.05, 3.63) is 52.8 Å². The van der Waals surface area contributed by atoms with Crippen molar-refractivity contribution >= 4 is 43.5 Å². The molecule has 2 amide bonds. The zero-order valence-corrected chi connectivity index (χ0v) is 18.0. The van der Waals surface area contributed by atoms with Gasteiger partial charge in [0.2, 0.25) is 15.9 Å². The zero-order valence-electron chi connectivity index (χ0n) is 15.6. The van der Waals surface area contributed by atoms with Gasteiger partial charge in [-0.2, -0.15) is 0 Å². The molecule has 0 bridgehead atoms. The number of carbonyl (C=O) groups is 2. The molecule has 2 rings (SSSR count). The van der Waals surface area contributed by atoms with Gasteiger partial charge in [0.05, 0.1) is 29.0 Å². The topological polar surface area (TPSA) is 126 Å². The Labute approximate surface area is 177 Å². The van der Waals surface area contributed by atoms with E-state index in [1.165, 1.54) is 31.5 Å². The van der Waals surface area contributed by atoms with E-state index in [2.05, 4.69) is 36.3 Å². The van der Waals surface area contributed by atoms with Gasteiger partial charge in [-0.15, -0.1) is 0 Å². The van der Waals surface area contributed by atoms with Gasteiger partial charge in [-0.1, -0.05) is 0 Å². The number of methoxy groups -OCH3 is 1. The van der Waals surface area contributed by atoms with E-state index in [1.807, 2.05) is 0 Å². The minimum Gasteiger partial charge on any atom is -0.383 e. The molecule has 0 aliphatic heterocycles. The predicted molar refractivity (Wildman–Crippen MR) is 111 cm³/mol.